The lowest BCUT2D eigenvalue weighted by atomic mass is 10.1. The Bertz CT molecular complexity index is 680. The third-order valence-corrected chi connectivity index (χ3v) is 5.51. The molecule has 0 N–H and O–H groups in total. The molecule has 0 aliphatic carbocycles. The Labute approximate surface area is 138 Å². The van der Waals surface area contributed by atoms with E-state index in [0.717, 1.165) is 30.5 Å². The second-order valence-corrected chi connectivity index (χ2v) is 8.08. The third kappa shape index (κ3) is 4.23. The van der Waals surface area contributed by atoms with Crippen LogP contribution in [0.15, 0.2) is 18.2 Å². The van der Waals surface area contributed by atoms with Gasteiger partial charge in [-0.15, -0.1) is 0 Å². The van der Waals surface area contributed by atoms with E-state index in [2.05, 4.69) is 4.90 Å². The number of anilines is 1. The Balaban J connectivity index is 2.24. The van der Waals surface area contributed by atoms with Crippen molar-refractivity contribution >= 4 is 21.6 Å². The molecule has 1 aromatic carbocycles. The molecule has 0 atom stereocenters. The van der Waals surface area contributed by atoms with Crippen molar-refractivity contribution in [2.24, 2.45) is 0 Å². The van der Waals surface area contributed by atoms with Crippen molar-refractivity contribution in [3.05, 3.63) is 29.3 Å². The number of rotatable bonds is 4. The van der Waals surface area contributed by atoms with Gasteiger partial charge < -0.3 is 9.80 Å². The molecule has 6 nitrogen and oxygen atoms in total. The van der Waals surface area contributed by atoms with E-state index < -0.39 is 10.0 Å². The van der Waals surface area contributed by atoms with Crippen molar-refractivity contribution in [2.45, 2.75) is 13.8 Å². The van der Waals surface area contributed by atoms with Crippen molar-refractivity contribution < 1.29 is 13.2 Å². The molecule has 0 bridgehead atoms. The maximum absolute atomic E-state index is 12.5. The van der Waals surface area contributed by atoms with Gasteiger partial charge in [-0.25, -0.2) is 8.42 Å². The highest BCUT2D eigenvalue weighted by Gasteiger charge is 2.26. The van der Waals surface area contributed by atoms with Gasteiger partial charge in [-0.1, -0.05) is 12.1 Å². The number of carbonyl (C=O) groups excluding carboxylic acids is 1. The number of amides is 1. The molecule has 1 amide bonds. The molecular formula is C16H25N3O3S. The Morgan fingerprint density at radius 3 is 2.35 bits per heavy atom. The summed E-state index contributed by atoms with van der Waals surface area (Å²) in [6, 6.07) is 5.50. The van der Waals surface area contributed by atoms with Crippen molar-refractivity contribution in [1.82, 2.24) is 9.80 Å². The SMILES string of the molecule is Cc1cccc(N(CC(=O)N2CCN(C)CC2)S(C)(=O)=O)c1C. The van der Waals surface area contributed by atoms with E-state index in [0.29, 0.717) is 18.8 Å². The Kier molecular flexibility index (Phi) is 5.31. The Morgan fingerprint density at radius 2 is 1.78 bits per heavy atom. The predicted molar refractivity (Wildman–Crippen MR) is 92.2 cm³/mol. The predicted octanol–water partition coefficient (Wildman–Crippen LogP) is 0.843. The number of likely N-dealkylation sites (N-methyl/N-ethyl adjacent to an activating group) is 1. The molecule has 0 saturated carbocycles. The maximum Gasteiger partial charge on any atom is 0.243 e. The number of piperazine rings is 1. The summed E-state index contributed by atoms with van der Waals surface area (Å²) in [7, 11) is -1.51. The van der Waals surface area contributed by atoms with E-state index in [1.165, 1.54) is 4.31 Å². The zero-order valence-electron chi connectivity index (χ0n) is 14.2. The average molecular weight is 339 g/mol. The summed E-state index contributed by atoms with van der Waals surface area (Å²) in [5, 5.41) is 0. The Hall–Kier alpha value is -1.60. The van der Waals surface area contributed by atoms with Gasteiger partial charge in [-0.3, -0.25) is 9.10 Å². The van der Waals surface area contributed by atoms with Gasteiger partial charge in [-0.05, 0) is 38.1 Å². The van der Waals surface area contributed by atoms with E-state index in [1.807, 2.05) is 33.0 Å². The largest absolute Gasteiger partial charge is 0.339 e. The van der Waals surface area contributed by atoms with Crippen molar-refractivity contribution in [3.63, 3.8) is 0 Å². The van der Waals surface area contributed by atoms with Crippen LogP contribution in [0.25, 0.3) is 0 Å². The first-order valence-electron chi connectivity index (χ1n) is 7.70. The number of sulfonamides is 1. The quantitative estimate of drug-likeness (QED) is 0.816. The monoisotopic (exact) mass is 339 g/mol. The van der Waals surface area contributed by atoms with Crippen LogP contribution >= 0.6 is 0 Å². The van der Waals surface area contributed by atoms with Crippen LogP contribution in [0.1, 0.15) is 11.1 Å². The molecule has 128 valence electrons. The molecule has 1 heterocycles. The van der Waals surface area contributed by atoms with E-state index >= 15 is 0 Å². The highest BCUT2D eigenvalue weighted by atomic mass is 32.2. The van der Waals surface area contributed by atoms with Crippen LogP contribution < -0.4 is 4.31 Å². The Morgan fingerprint density at radius 1 is 1.17 bits per heavy atom. The summed E-state index contributed by atoms with van der Waals surface area (Å²) in [5.74, 6) is -0.149. The number of nitrogens with zero attached hydrogens (tertiary/aromatic N) is 3. The van der Waals surface area contributed by atoms with Crippen LogP contribution in [0.5, 0.6) is 0 Å². The van der Waals surface area contributed by atoms with Crippen LogP contribution in [0.2, 0.25) is 0 Å². The molecule has 0 aromatic heterocycles. The number of benzene rings is 1. The molecule has 1 saturated heterocycles. The van der Waals surface area contributed by atoms with Crippen molar-refractivity contribution in [1.29, 1.82) is 0 Å². The second-order valence-electron chi connectivity index (χ2n) is 6.17. The summed E-state index contributed by atoms with van der Waals surface area (Å²) in [4.78, 5) is 16.4. The van der Waals surface area contributed by atoms with E-state index in [4.69, 9.17) is 0 Å². The molecule has 2 rings (SSSR count). The second kappa shape index (κ2) is 6.88. The van der Waals surface area contributed by atoms with Gasteiger partial charge in [0.1, 0.15) is 6.54 Å². The lowest BCUT2D eigenvalue weighted by Gasteiger charge is -2.34. The topological polar surface area (TPSA) is 60.9 Å². The van der Waals surface area contributed by atoms with Gasteiger partial charge in [0.25, 0.3) is 0 Å². The highest BCUT2D eigenvalue weighted by Crippen LogP contribution is 2.25. The minimum Gasteiger partial charge on any atom is -0.339 e. The van der Waals surface area contributed by atoms with Crippen molar-refractivity contribution in [2.75, 3.05) is 50.3 Å². The molecule has 0 unspecified atom stereocenters. The fraction of sp³-hybridized carbons (Fsp3) is 0.562. The molecular weight excluding hydrogens is 314 g/mol. The first-order chi connectivity index (χ1) is 10.7. The van der Waals surface area contributed by atoms with Gasteiger partial charge in [0.05, 0.1) is 11.9 Å². The summed E-state index contributed by atoms with van der Waals surface area (Å²) >= 11 is 0. The minimum atomic E-state index is -3.53. The van der Waals surface area contributed by atoms with Crippen LogP contribution in [-0.2, 0) is 14.8 Å². The van der Waals surface area contributed by atoms with E-state index in [-0.39, 0.29) is 12.5 Å². The number of aryl methyl sites for hydroxylation is 1. The van der Waals surface area contributed by atoms with Gasteiger partial charge in [0.2, 0.25) is 15.9 Å². The number of carbonyl (C=O) groups is 1. The first-order valence-corrected chi connectivity index (χ1v) is 9.55. The zero-order valence-corrected chi connectivity index (χ0v) is 15.1. The lowest BCUT2D eigenvalue weighted by Crippen LogP contribution is -2.50. The summed E-state index contributed by atoms with van der Waals surface area (Å²) in [6.07, 6.45) is 1.14. The van der Waals surface area contributed by atoms with Gasteiger partial charge in [-0.2, -0.15) is 0 Å². The average Bonchev–Trinajstić information content (AvgIpc) is 2.47. The first kappa shape index (κ1) is 17.7. The third-order valence-electron chi connectivity index (χ3n) is 4.38. The molecule has 23 heavy (non-hydrogen) atoms. The summed E-state index contributed by atoms with van der Waals surface area (Å²) in [5.41, 5.74) is 2.46. The molecule has 1 fully saturated rings. The van der Waals surface area contributed by atoms with E-state index in [1.54, 1.807) is 11.0 Å². The lowest BCUT2D eigenvalue weighted by molar-refractivity contribution is -0.131. The summed E-state index contributed by atoms with van der Waals surface area (Å²) in [6.45, 7) is 6.57. The van der Waals surface area contributed by atoms with Crippen LogP contribution in [0.4, 0.5) is 5.69 Å². The van der Waals surface area contributed by atoms with Gasteiger partial charge in [0, 0.05) is 26.2 Å². The zero-order chi connectivity index (χ0) is 17.2. The van der Waals surface area contributed by atoms with E-state index in [9.17, 15) is 13.2 Å². The number of hydrogen-bond acceptors (Lipinski definition) is 4. The van der Waals surface area contributed by atoms with Crippen molar-refractivity contribution in [3.8, 4) is 0 Å². The van der Waals surface area contributed by atoms with Gasteiger partial charge >= 0.3 is 0 Å². The smallest absolute Gasteiger partial charge is 0.243 e. The van der Waals surface area contributed by atoms with Gasteiger partial charge in [0.15, 0.2) is 0 Å². The molecule has 7 heteroatoms. The highest BCUT2D eigenvalue weighted by molar-refractivity contribution is 7.92. The van der Waals surface area contributed by atoms with Crippen LogP contribution in [0.3, 0.4) is 0 Å². The normalized spacial score (nSPS) is 16.4. The molecule has 1 aliphatic rings. The standard InChI is InChI=1S/C16H25N3O3S/c1-13-6-5-7-15(14(13)2)19(23(4,21)22)12-16(20)18-10-8-17(3)9-11-18/h5-7H,8-12H2,1-4H3. The number of hydrogen-bond donors (Lipinski definition) is 0. The fourth-order valence-electron chi connectivity index (χ4n) is 2.67. The maximum atomic E-state index is 12.5. The molecule has 0 spiro atoms. The van der Waals surface area contributed by atoms with Crippen LogP contribution in [-0.4, -0.2) is 70.2 Å². The molecule has 0 radical (unpaired) electrons. The fourth-order valence-corrected chi connectivity index (χ4v) is 3.57. The minimum absolute atomic E-state index is 0.146. The van der Waals surface area contributed by atoms with Crippen LogP contribution in [0, 0.1) is 13.8 Å². The summed E-state index contributed by atoms with van der Waals surface area (Å²) < 4.78 is 25.6. The molecule has 1 aromatic rings. The molecule has 1 aliphatic heterocycles.